The molecule has 0 saturated heterocycles. The van der Waals surface area contributed by atoms with E-state index in [1.165, 1.54) is 0 Å². The molecule has 1 fully saturated rings. The first-order valence-corrected chi connectivity index (χ1v) is 5.30. The molecule has 0 spiro atoms. The second kappa shape index (κ2) is 3.70. The lowest BCUT2D eigenvalue weighted by Gasteiger charge is -2.11. The molecule has 0 unspecified atom stereocenters. The second-order valence-electron chi connectivity index (χ2n) is 4.47. The summed E-state index contributed by atoms with van der Waals surface area (Å²) >= 11 is 0. The molecule has 1 aliphatic rings. The lowest BCUT2D eigenvalue weighted by Crippen LogP contribution is -2.21. The number of methoxy groups -OCH3 is 1. The molecule has 86 valence electrons. The summed E-state index contributed by atoms with van der Waals surface area (Å²) in [6.07, 6.45) is 1.93. The van der Waals surface area contributed by atoms with Crippen molar-refractivity contribution in [1.29, 1.82) is 0 Å². The van der Waals surface area contributed by atoms with Crippen molar-refractivity contribution in [2.45, 2.75) is 19.8 Å². The van der Waals surface area contributed by atoms with Gasteiger partial charge in [0.15, 0.2) is 0 Å². The Bertz CT molecular complexity index is 425. The van der Waals surface area contributed by atoms with Crippen LogP contribution in [0.2, 0.25) is 0 Å². The van der Waals surface area contributed by atoms with Gasteiger partial charge in [0.2, 0.25) is 5.91 Å². The molecule has 0 atom stereocenters. The van der Waals surface area contributed by atoms with Crippen LogP contribution in [-0.2, 0) is 4.79 Å². The molecule has 0 aromatic heterocycles. The predicted octanol–water partition coefficient (Wildman–Crippen LogP) is 2.02. The van der Waals surface area contributed by atoms with Gasteiger partial charge in [-0.1, -0.05) is 6.92 Å². The predicted molar refractivity (Wildman–Crippen MR) is 63.4 cm³/mol. The summed E-state index contributed by atoms with van der Waals surface area (Å²) in [5, 5.41) is 2.86. The number of ether oxygens (including phenoxy) is 1. The van der Waals surface area contributed by atoms with Gasteiger partial charge in [0.1, 0.15) is 5.75 Å². The van der Waals surface area contributed by atoms with E-state index in [4.69, 9.17) is 10.5 Å². The summed E-state index contributed by atoms with van der Waals surface area (Å²) in [6.45, 7) is 1.97. The third kappa shape index (κ3) is 1.96. The van der Waals surface area contributed by atoms with Gasteiger partial charge in [-0.25, -0.2) is 0 Å². The highest BCUT2D eigenvalue weighted by molar-refractivity contribution is 5.97. The monoisotopic (exact) mass is 220 g/mol. The SMILES string of the molecule is COc1ccc(NC(=O)C2(C)CC2)cc1N. The van der Waals surface area contributed by atoms with Gasteiger partial charge in [-0.2, -0.15) is 0 Å². The number of hydrogen-bond donors (Lipinski definition) is 2. The van der Waals surface area contributed by atoms with Crippen LogP contribution in [-0.4, -0.2) is 13.0 Å². The van der Waals surface area contributed by atoms with Crippen LogP contribution in [0.5, 0.6) is 5.75 Å². The summed E-state index contributed by atoms with van der Waals surface area (Å²) in [5.74, 6) is 0.688. The van der Waals surface area contributed by atoms with Gasteiger partial charge in [-0.15, -0.1) is 0 Å². The Morgan fingerprint density at radius 1 is 1.50 bits per heavy atom. The minimum absolute atomic E-state index is 0.0667. The van der Waals surface area contributed by atoms with Crippen molar-refractivity contribution in [3.8, 4) is 5.75 Å². The Hall–Kier alpha value is -1.71. The third-order valence-corrected chi connectivity index (χ3v) is 3.04. The Morgan fingerprint density at radius 2 is 2.19 bits per heavy atom. The Labute approximate surface area is 94.8 Å². The van der Waals surface area contributed by atoms with E-state index in [-0.39, 0.29) is 11.3 Å². The number of nitrogens with one attached hydrogen (secondary N) is 1. The van der Waals surface area contributed by atoms with Gasteiger partial charge in [0, 0.05) is 11.1 Å². The molecule has 1 amide bonds. The normalized spacial score (nSPS) is 16.6. The molecule has 1 saturated carbocycles. The van der Waals surface area contributed by atoms with Crippen LogP contribution < -0.4 is 15.8 Å². The molecule has 4 heteroatoms. The van der Waals surface area contributed by atoms with Gasteiger partial charge < -0.3 is 15.8 Å². The molecule has 0 heterocycles. The van der Waals surface area contributed by atoms with Gasteiger partial charge in [0.25, 0.3) is 0 Å². The number of hydrogen-bond acceptors (Lipinski definition) is 3. The minimum atomic E-state index is -0.172. The second-order valence-corrected chi connectivity index (χ2v) is 4.47. The topological polar surface area (TPSA) is 64.3 Å². The van der Waals surface area contributed by atoms with Crippen LogP contribution in [0.1, 0.15) is 19.8 Å². The quantitative estimate of drug-likeness (QED) is 0.766. The maximum Gasteiger partial charge on any atom is 0.230 e. The summed E-state index contributed by atoms with van der Waals surface area (Å²) in [7, 11) is 1.56. The van der Waals surface area contributed by atoms with E-state index in [1.807, 2.05) is 6.92 Å². The Morgan fingerprint density at radius 3 is 2.69 bits per heavy atom. The molecule has 1 aliphatic carbocycles. The van der Waals surface area contributed by atoms with Crippen LogP contribution in [0.15, 0.2) is 18.2 Å². The average Bonchev–Trinajstić information content (AvgIpc) is 2.98. The largest absolute Gasteiger partial charge is 0.495 e. The van der Waals surface area contributed by atoms with Gasteiger partial charge in [-0.3, -0.25) is 4.79 Å². The van der Waals surface area contributed by atoms with Crippen molar-refractivity contribution < 1.29 is 9.53 Å². The number of rotatable bonds is 3. The molecule has 4 nitrogen and oxygen atoms in total. The van der Waals surface area contributed by atoms with Crippen LogP contribution in [0.3, 0.4) is 0 Å². The molecule has 0 radical (unpaired) electrons. The van der Waals surface area contributed by atoms with E-state index >= 15 is 0 Å². The first-order valence-electron chi connectivity index (χ1n) is 5.30. The fraction of sp³-hybridized carbons (Fsp3) is 0.417. The smallest absolute Gasteiger partial charge is 0.230 e. The first kappa shape index (κ1) is 10.8. The summed E-state index contributed by atoms with van der Waals surface area (Å²) < 4.78 is 5.05. The van der Waals surface area contributed by atoms with E-state index in [2.05, 4.69) is 5.32 Å². The molecular weight excluding hydrogens is 204 g/mol. The standard InChI is InChI=1S/C12H16N2O2/c1-12(5-6-12)11(15)14-8-3-4-10(16-2)9(13)7-8/h3-4,7H,5-6,13H2,1-2H3,(H,14,15). The highest BCUT2D eigenvalue weighted by Crippen LogP contribution is 2.45. The fourth-order valence-corrected chi connectivity index (χ4v) is 1.51. The van der Waals surface area contributed by atoms with Crippen molar-refractivity contribution in [1.82, 2.24) is 0 Å². The van der Waals surface area contributed by atoms with Crippen molar-refractivity contribution >= 4 is 17.3 Å². The lowest BCUT2D eigenvalue weighted by atomic mass is 10.1. The van der Waals surface area contributed by atoms with Gasteiger partial charge in [-0.05, 0) is 31.0 Å². The molecule has 2 rings (SSSR count). The van der Waals surface area contributed by atoms with E-state index in [1.54, 1.807) is 25.3 Å². The van der Waals surface area contributed by atoms with E-state index < -0.39 is 0 Å². The fourth-order valence-electron chi connectivity index (χ4n) is 1.51. The van der Waals surface area contributed by atoms with Crippen LogP contribution in [0.4, 0.5) is 11.4 Å². The lowest BCUT2D eigenvalue weighted by molar-refractivity contribution is -0.120. The van der Waals surface area contributed by atoms with E-state index in [9.17, 15) is 4.79 Å². The highest BCUT2D eigenvalue weighted by atomic mass is 16.5. The van der Waals surface area contributed by atoms with Gasteiger partial charge >= 0.3 is 0 Å². The highest BCUT2D eigenvalue weighted by Gasteiger charge is 2.44. The zero-order chi connectivity index (χ0) is 11.8. The minimum Gasteiger partial charge on any atom is -0.495 e. The van der Waals surface area contributed by atoms with Crippen molar-refractivity contribution in [3.05, 3.63) is 18.2 Å². The number of benzene rings is 1. The van der Waals surface area contributed by atoms with Crippen molar-refractivity contribution in [3.63, 3.8) is 0 Å². The maximum atomic E-state index is 11.8. The summed E-state index contributed by atoms with van der Waals surface area (Å²) in [4.78, 5) is 11.8. The number of nitrogens with two attached hydrogens (primary N) is 1. The molecule has 0 aliphatic heterocycles. The number of amides is 1. The number of carbonyl (C=O) groups excluding carboxylic acids is 1. The molecule has 1 aromatic carbocycles. The number of carbonyl (C=O) groups is 1. The Balaban J connectivity index is 2.10. The van der Waals surface area contributed by atoms with Gasteiger partial charge in [0.05, 0.1) is 12.8 Å². The van der Waals surface area contributed by atoms with E-state index in [0.717, 1.165) is 18.5 Å². The molecule has 0 bridgehead atoms. The molecule has 1 aromatic rings. The Kier molecular flexibility index (Phi) is 2.50. The molecule has 16 heavy (non-hydrogen) atoms. The molecular formula is C12H16N2O2. The number of nitrogen functional groups attached to an aromatic ring is 1. The summed E-state index contributed by atoms with van der Waals surface area (Å²) in [5.41, 5.74) is 6.83. The van der Waals surface area contributed by atoms with Crippen molar-refractivity contribution in [2.24, 2.45) is 5.41 Å². The van der Waals surface area contributed by atoms with Crippen LogP contribution >= 0.6 is 0 Å². The maximum absolute atomic E-state index is 11.8. The van der Waals surface area contributed by atoms with Crippen molar-refractivity contribution in [2.75, 3.05) is 18.2 Å². The molecule has 3 N–H and O–H groups in total. The average molecular weight is 220 g/mol. The first-order chi connectivity index (χ1) is 7.55. The third-order valence-electron chi connectivity index (χ3n) is 3.04. The summed E-state index contributed by atoms with van der Waals surface area (Å²) in [6, 6.07) is 5.25. The number of anilines is 2. The zero-order valence-electron chi connectivity index (χ0n) is 9.54. The zero-order valence-corrected chi connectivity index (χ0v) is 9.54. The van der Waals surface area contributed by atoms with E-state index in [0.29, 0.717) is 11.4 Å². The van der Waals surface area contributed by atoms with Crippen LogP contribution in [0, 0.1) is 5.41 Å². The van der Waals surface area contributed by atoms with Crippen LogP contribution in [0.25, 0.3) is 0 Å².